The molecule has 1 aromatic heterocycles. The molecule has 8 heteroatoms. The lowest BCUT2D eigenvalue weighted by Crippen LogP contribution is -2.70. The maximum Gasteiger partial charge on any atom is 0.352 e. The highest BCUT2D eigenvalue weighted by Crippen LogP contribution is 2.40. The second-order valence-corrected chi connectivity index (χ2v) is 6.49. The lowest BCUT2D eigenvalue weighted by atomic mass is 10.0. The van der Waals surface area contributed by atoms with Crippen LogP contribution in [0.3, 0.4) is 0 Å². The number of rotatable bonds is 4. The van der Waals surface area contributed by atoms with Crippen molar-refractivity contribution in [3.05, 3.63) is 47.4 Å². The number of carboxylic acid groups (broad SMARTS) is 1. The molecule has 2 N–H and O–H groups in total. The molecule has 1 fully saturated rings. The molecule has 0 aromatic carbocycles. The molecular formula is C16H15N3O4S. The maximum absolute atomic E-state index is 12.2. The van der Waals surface area contributed by atoms with Crippen LogP contribution < -0.4 is 5.32 Å². The van der Waals surface area contributed by atoms with Crippen molar-refractivity contribution in [3.63, 3.8) is 0 Å². The summed E-state index contributed by atoms with van der Waals surface area (Å²) >= 11 is 1.43. The van der Waals surface area contributed by atoms with Crippen molar-refractivity contribution in [2.24, 2.45) is 0 Å². The van der Waals surface area contributed by atoms with Crippen molar-refractivity contribution in [1.29, 1.82) is 0 Å². The van der Waals surface area contributed by atoms with Crippen molar-refractivity contribution in [3.8, 4) is 0 Å². The number of nitrogens with zero attached hydrogens (tertiary/aromatic N) is 2. The number of pyridine rings is 1. The van der Waals surface area contributed by atoms with Crippen LogP contribution >= 0.6 is 11.8 Å². The van der Waals surface area contributed by atoms with Gasteiger partial charge in [-0.3, -0.25) is 19.5 Å². The zero-order chi connectivity index (χ0) is 17.3. The summed E-state index contributed by atoms with van der Waals surface area (Å²) < 4.78 is 0. The monoisotopic (exact) mass is 345 g/mol. The number of amides is 2. The minimum atomic E-state index is -1.15. The van der Waals surface area contributed by atoms with Crippen LogP contribution in [0.2, 0.25) is 0 Å². The summed E-state index contributed by atoms with van der Waals surface area (Å²) in [5.41, 5.74) is 1.38. The number of carbonyl (C=O) groups is 3. The molecule has 3 heterocycles. The number of hydrogen-bond donors (Lipinski definition) is 2. The van der Waals surface area contributed by atoms with Gasteiger partial charge in [0.25, 0.3) is 5.91 Å². The van der Waals surface area contributed by atoms with Crippen LogP contribution in [0.5, 0.6) is 0 Å². The normalized spacial score (nSPS) is 23.0. The van der Waals surface area contributed by atoms with E-state index < -0.39 is 17.9 Å². The number of aromatic nitrogens is 1. The van der Waals surface area contributed by atoms with Gasteiger partial charge >= 0.3 is 5.97 Å². The van der Waals surface area contributed by atoms with E-state index in [0.29, 0.717) is 11.3 Å². The Morgan fingerprint density at radius 3 is 2.88 bits per heavy atom. The van der Waals surface area contributed by atoms with Gasteiger partial charge in [-0.25, -0.2) is 4.79 Å². The fraction of sp³-hybridized carbons (Fsp3) is 0.250. The fourth-order valence-electron chi connectivity index (χ4n) is 2.66. The van der Waals surface area contributed by atoms with E-state index >= 15 is 0 Å². The summed E-state index contributed by atoms with van der Waals surface area (Å²) in [6.45, 7) is 1.33. The minimum absolute atomic E-state index is 0.0227. The van der Waals surface area contributed by atoms with Gasteiger partial charge in [-0.1, -0.05) is 18.2 Å². The predicted molar refractivity (Wildman–Crippen MR) is 88.6 cm³/mol. The van der Waals surface area contributed by atoms with Gasteiger partial charge < -0.3 is 10.4 Å². The Morgan fingerprint density at radius 1 is 1.46 bits per heavy atom. The zero-order valence-electron chi connectivity index (χ0n) is 12.8. The highest BCUT2D eigenvalue weighted by atomic mass is 32.2. The van der Waals surface area contributed by atoms with E-state index in [1.807, 2.05) is 6.07 Å². The first-order valence-electron chi connectivity index (χ1n) is 7.25. The highest BCUT2D eigenvalue weighted by Gasteiger charge is 2.53. The van der Waals surface area contributed by atoms with Crippen LogP contribution in [0.25, 0.3) is 6.08 Å². The molecule has 1 unspecified atom stereocenters. The number of carbonyl (C=O) groups excluding carboxylic acids is 2. The smallest absolute Gasteiger partial charge is 0.352 e. The Morgan fingerprint density at radius 2 is 2.25 bits per heavy atom. The van der Waals surface area contributed by atoms with Crippen LogP contribution in [0.15, 0.2) is 41.9 Å². The van der Waals surface area contributed by atoms with Crippen LogP contribution in [0, 0.1) is 0 Å². The summed E-state index contributed by atoms with van der Waals surface area (Å²) in [5.74, 6) is -1.41. The first-order chi connectivity index (χ1) is 11.5. The standard InChI is InChI=1S/C16H15N3O4S/c1-9(20)18-12-14(21)19-13(16(22)23)11(8-24-15(12)19)5-4-10-3-2-6-17-7-10/h2-7,12,15H,8H2,1H3,(H,18,20)(H,22,23)/b5-4+/t12?,15-/m1/s1. The Balaban J connectivity index is 1.88. The van der Waals surface area contributed by atoms with Crippen molar-refractivity contribution in [1.82, 2.24) is 15.2 Å². The van der Waals surface area contributed by atoms with E-state index in [9.17, 15) is 19.5 Å². The number of carboxylic acids is 1. The largest absolute Gasteiger partial charge is 0.477 e. The molecule has 2 aliphatic rings. The van der Waals surface area contributed by atoms with Crippen LogP contribution in [0.1, 0.15) is 12.5 Å². The van der Waals surface area contributed by atoms with Crippen LogP contribution in [-0.4, -0.2) is 49.9 Å². The number of hydrogen-bond acceptors (Lipinski definition) is 5. The summed E-state index contributed by atoms with van der Waals surface area (Å²) in [4.78, 5) is 40.3. The molecule has 3 rings (SSSR count). The molecule has 1 saturated heterocycles. The van der Waals surface area contributed by atoms with Crippen LogP contribution in [-0.2, 0) is 14.4 Å². The SMILES string of the molecule is CC(=O)NC1C(=O)N2C(C(=O)O)=C(/C=C/c3cccnc3)CS[C@H]12. The quantitative estimate of drug-likeness (QED) is 0.785. The molecule has 0 bridgehead atoms. The third kappa shape index (κ3) is 2.92. The fourth-order valence-corrected chi connectivity index (χ4v) is 3.98. The number of fused-ring (bicyclic) bond motifs is 1. The van der Waals surface area contributed by atoms with Gasteiger partial charge in [0.1, 0.15) is 17.1 Å². The Kier molecular flexibility index (Phi) is 4.39. The second-order valence-electron chi connectivity index (χ2n) is 5.39. The molecular weight excluding hydrogens is 330 g/mol. The topological polar surface area (TPSA) is 99.6 Å². The first-order valence-corrected chi connectivity index (χ1v) is 8.30. The Labute approximate surface area is 142 Å². The molecule has 0 spiro atoms. The first kappa shape index (κ1) is 16.3. The highest BCUT2D eigenvalue weighted by molar-refractivity contribution is 8.00. The molecule has 7 nitrogen and oxygen atoms in total. The molecule has 0 radical (unpaired) electrons. The van der Waals surface area contributed by atoms with Gasteiger partial charge in [0, 0.05) is 25.1 Å². The van der Waals surface area contributed by atoms with Gasteiger partial charge in [-0.2, -0.15) is 0 Å². The predicted octanol–water partition coefficient (Wildman–Crippen LogP) is 0.853. The molecule has 2 aliphatic heterocycles. The summed E-state index contributed by atoms with van der Waals surface area (Å²) in [6, 6.07) is 2.98. The molecule has 24 heavy (non-hydrogen) atoms. The van der Waals surface area contributed by atoms with Crippen molar-refractivity contribution >= 4 is 35.6 Å². The summed E-state index contributed by atoms with van der Waals surface area (Å²) in [5, 5.41) is 11.7. The van der Waals surface area contributed by atoms with Crippen molar-refractivity contribution < 1.29 is 19.5 Å². The average Bonchev–Trinajstić information content (AvgIpc) is 2.57. The van der Waals surface area contributed by atoms with Gasteiger partial charge in [0.2, 0.25) is 5.91 Å². The van der Waals surface area contributed by atoms with Crippen molar-refractivity contribution in [2.45, 2.75) is 18.3 Å². The third-order valence-electron chi connectivity index (χ3n) is 3.72. The van der Waals surface area contributed by atoms with E-state index in [2.05, 4.69) is 10.3 Å². The van der Waals surface area contributed by atoms with Gasteiger partial charge in [0.05, 0.1) is 0 Å². The van der Waals surface area contributed by atoms with E-state index in [0.717, 1.165) is 5.56 Å². The van der Waals surface area contributed by atoms with E-state index in [4.69, 9.17) is 0 Å². The van der Waals surface area contributed by atoms with Crippen LogP contribution in [0.4, 0.5) is 0 Å². The molecule has 124 valence electrons. The molecule has 1 aromatic rings. The lowest BCUT2D eigenvalue weighted by molar-refractivity contribution is -0.150. The minimum Gasteiger partial charge on any atom is -0.477 e. The van der Waals surface area contributed by atoms with Gasteiger partial charge in [-0.15, -0.1) is 11.8 Å². The Hall–Kier alpha value is -2.61. The number of β-lactam (4-membered cyclic amide) rings is 1. The number of allylic oxidation sites excluding steroid dienone is 1. The second kappa shape index (κ2) is 6.48. The number of aliphatic carboxylic acids is 1. The molecule has 2 atom stereocenters. The summed E-state index contributed by atoms with van der Waals surface area (Å²) in [7, 11) is 0. The Bertz CT molecular complexity index is 760. The molecule has 2 amide bonds. The van der Waals surface area contributed by atoms with E-state index in [1.165, 1.54) is 23.6 Å². The number of nitrogens with one attached hydrogen (secondary N) is 1. The van der Waals surface area contributed by atoms with Gasteiger partial charge in [0.15, 0.2) is 0 Å². The lowest BCUT2D eigenvalue weighted by Gasteiger charge is -2.49. The third-order valence-corrected chi connectivity index (χ3v) is 5.02. The van der Waals surface area contributed by atoms with E-state index in [1.54, 1.807) is 30.6 Å². The molecule has 0 aliphatic carbocycles. The molecule has 0 saturated carbocycles. The van der Waals surface area contributed by atoms with Crippen molar-refractivity contribution in [2.75, 3.05) is 5.75 Å². The number of thioether (sulfide) groups is 1. The average molecular weight is 345 g/mol. The van der Waals surface area contributed by atoms with E-state index in [-0.39, 0.29) is 17.0 Å². The zero-order valence-corrected chi connectivity index (χ0v) is 13.6. The summed E-state index contributed by atoms with van der Waals surface area (Å²) in [6.07, 6.45) is 6.78. The maximum atomic E-state index is 12.2. The van der Waals surface area contributed by atoms with Gasteiger partial charge in [-0.05, 0) is 17.2 Å².